The average Bonchev–Trinajstić information content (AvgIpc) is 2.38. The van der Waals surface area contributed by atoms with E-state index in [1.54, 1.807) is 6.20 Å². The third-order valence-electron chi connectivity index (χ3n) is 3.18. The van der Waals surface area contributed by atoms with Gasteiger partial charge in [-0.15, -0.1) is 0 Å². The van der Waals surface area contributed by atoms with Crippen molar-refractivity contribution in [3.05, 3.63) is 18.6 Å². The Morgan fingerprint density at radius 1 is 1.53 bits per heavy atom. The van der Waals surface area contributed by atoms with Gasteiger partial charge >= 0.3 is 5.97 Å². The summed E-state index contributed by atoms with van der Waals surface area (Å²) in [6, 6.07) is 2.19. The van der Waals surface area contributed by atoms with Gasteiger partial charge in [-0.25, -0.2) is 9.97 Å². The number of carbonyl (C=O) groups is 1. The number of carboxylic acids is 1. The topological polar surface area (TPSA) is 66.3 Å². The standard InChI is InChI=1S/C12H17N3O2/c16-12(17)5-4-10-3-1-2-8-15(10)11-6-7-13-9-14-11/h6-7,9-10H,1-5,8H2,(H,16,17). The summed E-state index contributed by atoms with van der Waals surface area (Å²) in [6.45, 7) is 0.960. The minimum atomic E-state index is -0.724. The largest absolute Gasteiger partial charge is 0.481 e. The molecule has 5 heteroatoms. The maximum atomic E-state index is 10.6. The summed E-state index contributed by atoms with van der Waals surface area (Å²) < 4.78 is 0. The number of hydrogen-bond donors (Lipinski definition) is 1. The second kappa shape index (κ2) is 5.61. The molecule has 0 saturated carbocycles. The maximum Gasteiger partial charge on any atom is 0.303 e. The van der Waals surface area contributed by atoms with E-state index in [0.717, 1.165) is 25.2 Å². The first-order chi connectivity index (χ1) is 8.27. The Balaban J connectivity index is 2.04. The second-order valence-electron chi connectivity index (χ2n) is 4.34. The third kappa shape index (κ3) is 3.15. The number of aliphatic carboxylic acids is 1. The summed E-state index contributed by atoms with van der Waals surface area (Å²) in [5.74, 6) is 0.188. The molecule has 0 radical (unpaired) electrons. The van der Waals surface area contributed by atoms with Crippen LogP contribution in [0.25, 0.3) is 0 Å². The lowest BCUT2D eigenvalue weighted by molar-refractivity contribution is -0.137. The van der Waals surface area contributed by atoms with Crippen LogP contribution in [0.4, 0.5) is 5.82 Å². The van der Waals surface area contributed by atoms with Crippen molar-refractivity contribution in [2.24, 2.45) is 0 Å². The van der Waals surface area contributed by atoms with Gasteiger partial charge in [-0.3, -0.25) is 4.79 Å². The van der Waals surface area contributed by atoms with Gasteiger partial charge < -0.3 is 10.0 Å². The molecule has 1 unspecified atom stereocenters. The highest BCUT2D eigenvalue weighted by Crippen LogP contribution is 2.25. The number of nitrogens with zero attached hydrogens (tertiary/aromatic N) is 3. The zero-order valence-corrected chi connectivity index (χ0v) is 9.75. The van der Waals surface area contributed by atoms with Gasteiger partial charge in [0.15, 0.2) is 0 Å². The first-order valence-electron chi connectivity index (χ1n) is 6.02. The van der Waals surface area contributed by atoms with Gasteiger partial charge in [0, 0.05) is 25.2 Å². The monoisotopic (exact) mass is 235 g/mol. The predicted octanol–water partition coefficient (Wildman–Crippen LogP) is 1.70. The summed E-state index contributed by atoms with van der Waals surface area (Å²) >= 11 is 0. The zero-order valence-electron chi connectivity index (χ0n) is 9.75. The van der Waals surface area contributed by atoms with Crippen LogP contribution < -0.4 is 4.90 Å². The van der Waals surface area contributed by atoms with Crippen molar-refractivity contribution < 1.29 is 9.90 Å². The van der Waals surface area contributed by atoms with Crippen LogP contribution in [-0.4, -0.2) is 33.6 Å². The Labute approximate surface area is 100 Å². The lowest BCUT2D eigenvalue weighted by Crippen LogP contribution is -2.40. The van der Waals surface area contributed by atoms with Crippen LogP contribution >= 0.6 is 0 Å². The highest BCUT2D eigenvalue weighted by Gasteiger charge is 2.23. The van der Waals surface area contributed by atoms with E-state index in [-0.39, 0.29) is 6.42 Å². The normalized spacial score (nSPS) is 20.2. The fourth-order valence-electron chi connectivity index (χ4n) is 2.35. The van der Waals surface area contributed by atoms with Crippen LogP contribution in [0.1, 0.15) is 32.1 Å². The van der Waals surface area contributed by atoms with Crippen LogP contribution in [-0.2, 0) is 4.79 Å². The molecular formula is C12H17N3O2. The molecule has 0 spiro atoms. The Morgan fingerprint density at radius 3 is 3.12 bits per heavy atom. The molecule has 0 aliphatic carbocycles. The first kappa shape index (κ1) is 11.8. The van der Waals surface area contributed by atoms with Crippen molar-refractivity contribution in [3.63, 3.8) is 0 Å². The molecule has 1 aromatic rings. The van der Waals surface area contributed by atoms with E-state index in [9.17, 15) is 4.79 Å². The molecule has 2 heterocycles. The van der Waals surface area contributed by atoms with Gasteiger partial charge in [0.05, 0.1) is 0 Å². The van der Waals surface area contributed by atoms with E-state index >= 15 is 0 Å². The molecule has 1 saturated heterocycles. The van der Waals surface area contributed by atoms with Gasteiger partial charge in [0.25, 0.3) is 0 Å². The maximum absolute atomic E-state index is 10.6. The molecule has 1 aromatic heterocycles. The molecule has 1 aliphatic heterocycles. The average molecular weight is 235 g/mol. The van der Waals surface area contributed by atoms with Crippen LogP contribution in [0.5, 0.6) is 0 Å². The highest BCUT2D eigenvalue weighted by atomic mass is 16.4. The lowest BCUT2D eigenvalue weighted by atomic mass is 9.98. The van der Waals surface area contributed by atoms with Crippen molar-refractivity contribution in [2.75, 3.05) is 11.4 Å². The number of hydrogen-bond acceptors (Lipinski definition) is 4. The quantitative estimate of drug-likeness (QED) is 0.860. The smallest absolute Gasteiger partial charge is 0.303 e. The first-order valence-corrected chi connectivity index (χ1v) is 6.02. The number of anilines is 1. The van der Waals surface area contributed by atoms with Crippen molar-refractivity contribution in [2.45, 2.75) is 38.1 Å². The fourth-order valence-corrected chi connectivity index (χ4v) is 2.35. The Kier molecular flexibility index (Phi) is 3.90. The van der Waals surface area contributed by atoms with Crippen LogP contribution in [0.2, 0.25) is 0 Å². The molecule has 1 aliphatic rings. The number of carboxylic acid groups (broad SMARTS) is 1. The summed E-state index contributed by atoms with van der Waals surface area (Å²) in [7, 11) is 0. The summed E-state index contributed by atoms with van der Waals surface area (Å²) in [5, 5.41) is 8.76. The summed E-state index contributed by atoms with van der Waals surface area (Å²) in [6.07, 6.45) is 7.56. The molecule has 1 N–H and O–H groups in total. The number of rotatable bonds is 4. The molecule has 92 valence electrons. The predicted molar refractivity (Wildman–Crippen MR) is 63.9 cm³/mol. The van der Waals surface area contributed by atoms with E-state index < -0.39 is 5.97 Å². The minimum absolute atomic E-state index is 0.228. The molecule has 0 amide bonds. The molecule has 0 bridgehead atoms. The fraction of sp³-hybridized carbons (Fsp3) is 0.583. The van der Waals surface area contributed by atoms with Gasteiger partial charge in [0.2, 0.25) is 0 Å². The molecule has 1 fully saturated rings. The van der Waals surface area contributed by atoms with E-state index in [2.05, 4.69) is 14.9 Å². The highest BCUT2D eigenvalue weighted by molar-refractivity contribution is 5.66. The van der Waals surface area contributed by atoms with Gasteiger partial charge in [-0.2, -0.15) is 0 Å². The van der Waals surface area contributed by atoms with Crippen molar-refractivity contribution in [1.29, 1.82) is 0 Å². The second-order valence-corrected chi connectivity index (χ2v) is 4.34. The van der Waals surface area contributed by atoms with E-state index in [1.165, 1.54) is 12.7 Å². The summed E-state index contributed by atoms with van der Waals surface area (Å²) in [5.41, 5.74) is 0. The van der Waals surface area contributed by atoms with Crippen molar-refractivity contribution in [1.82, 2.24) is 9.97 Å². The molecular weight excluding hydrogens is 218 g/mol. The van der Waals surface area contributed by atoms with E-state index in [1.807, 2.05) is 6.07 Å². The minimum Gasteiger partial charge on any atom is -0.481 e. The van der Waals surface area contributed by atoms with Crippen molar-refractivity contribution in [3.8, 4) is 0 Å². The van der Waals surface area contributed by atoms with E-state index in [4.69, 9.17) is 5.11 Å². The Morgan fingerprint density at radius 2 is 2.41 bits per heavy atom. The van der Waals surface area contributed by atoms with Gasteiger partial charge in [-0.05, 0) is 31.7 Å². The van der Waals surface area contributed by atoms with Crippen LogP contribution in [0.15, 0.2) is 18.6 Å². The SMILES string of the molecule is O=C(O)CCC1CCCCN1c1ccncn1. The Hall–Kier alpha value is -1.65. The third-order valence-corrected chi connectivity index (χ3v) is 3.18. The Bertz CT molecular complexity index is 369. The van der Waals surface area contributed by atoms with Crippen molar-refractivity contribution >= 4 is 11.8 Å². The number of piperidine rings is 1. The molecule has 0 aromatic carbocycles. The summed E-state index contributed by atoms with van der Waals surface area (Å²) in [4.78, 5) is 21.0. The molecule has 17 heavy (non-hydrogen) atoms. The lowest BCUT2D eigenvalue weighted by Gasteiger charge is -2.36. The van der Waals surface area contributed by atoms with Gasteiger partial charge in [0.1, 0.15) is 12.1 Å². The van der Waals surface area contributed by atoms with Crippen LogP contribution in [0, 0.1) is 0 Å². The zero-order chi connectivity index (χ0) is 12.1. The van der Waals surface area contributed by atoms with Gasteiger partial charge in [-0.1, -0.05) is 0 Å². The molecule has 2 rings (SSSR count). The number of aromatic nitrogens is 2. The molecule has 5 nitrogen and oxygen atoms in total. The molecule has 1 atom stereocenters. The van der Waals surface area contributed by atoms with E-state index in [0.29, 0.717) is 12.5 Å². The van der Waals surface area contributed by atoms with Crippen LogP contribution in [0.3, 0.4) is 0 Å².